The van der Waals surface area contributed by atoms with Crippen LogP contribution in [0.25, 0.3) is 0 Å². The van der Waals surface area contributed by atoms with Gasteiger partial charge in [0.05, 0.1) is 11.3 Å². The number of halogens is 3. The zero-order valence-electron chi connectivity index (χ0n) is 16.9. The Kier molecular flexibility index (Phi) is 6.87. The minimum atomic E-state index is -4.63. The van der Waals surface area contributed by atoms with Crippen molar-refractivity contribution in [1.82, 2.24) is 10.6 Å². The molecule has 0 radical (unpaired) electrons. The summed E-state index contributed by atoms with van der Waals surface area (Å²) in [5.41, 5.74) is 4.65. The van der Waals surface area contributed by atoms with Gasteiger partial charge in [-0.05, 0) is 54.6 Å². The van der Waals surface area contributed by atoms with Crippen molar-refractivity contribution in [1.29, 1.82) is 0 Å². The van der Waals surface area contributed by atoms with Gasteiger partial charge < -0.3 is 5.73 Å². The first-order chi connectivity index (χ1) is 15.6. The van der Waals surface area contributed by atoms with E-state index < -0.39 is 29.5 Å². The third-order valence-electron chi connectivity index (χ3n) is 4.34. The number of nitrogens with one attached hydrogen (secondary N) is 2. The number of aliphatic imine (C=N–C) groups is 1. The van der Waals surface area contributed by atoms with Gasteiger partial charge in [-0.2, -0.15) is 13.2 Å². The Morgan fingerprint density at radius 2 is 1.30 bits per heavy atom. The quantitative estimate of drug-likeness (QED) is 0.413. The number of nitrogens with zero attached hydrogens (tertiary/aromatic N) is 1. The van der Waals surface area contributed by atoms with Crippen LogP contribution in [-0.2, 0) is 6.18 Å². The SMILES string of the molecule is NC(=O)c1ccc(N=C(NC(=O)c2ccccc2)NC(=O)c2cccc(C(F)(F)F)c2)cc1. The lowest BCUT2D eigenvalue weighted by atomic mass is 10.1. The molecular weight excluding hydrogens is 437 g/mol. The van der Waals surface area contributed by atoms with E-state index in [-0.39, 0.29) is 28.3 Å². The molecule has 10 heteroatoms. The summed E-state index contributed by atoms with van der Waals surface area (Å²) in [5.74, 6) is -2.49. The van der Waals surface area contributed by atoms with Gasteiger partial charge in [-0.3, -0.25) is 25.0 Å². The molecule has 3 aromatic carbocycles. The number of benzene rings is 3. The van der Waals surface area contributed by atoms with Crippen molar-refractivity contribution in [3.63, 3.8) is 0 Å². The molecule has 0 saturated carbocycles. The summed E-state index contributed by atoms with van der Waals surface area (Å²) in [5, 5.41) is 4.75. The maximum absolute atomic E-state index is 13.0. The number of hydrogen-bond acceptors (Lipinski definition) is 4. The molecule has 3 rings (SSSR count). The fourth-order valence-electron chi connectivity index (χ4n) is 2.70. The van der Waals surface area contributed by atoms with Gasteiger partial charge in [-0.15, -0.1) is 0 Å². The van der Waals surface area contributed by atoms with Crippen molar-refractivity contribution in [2.24, 2.45) is 10.7 Å². The van der Waals surface area contributed by atoms with E-state index in [1.807, 2.05) is 0 Å². The smallest absolute Gasteiger partial charge is 0.366 e. The van der Waals surface area contributed by atoms with Gasteiger partial charge in [0, 0.05) is 16.7 Å². The van der Waals surface area contributed by atoms with E-state index in [2.05, 4.69) is 15.6 Å². The number of amides is 3. The van der Waals surface area contributed by atoms with Crippen molar-refractivity contribution in [3.05, 3.63) is 101 Å². The van der Waals surface area contributed by atoms with Gasteiger partial charge in [0.2, 0.25) is 11.9 Å². The maximum Gasteiger partial charge on any atom is 0.416 e. The first-order valence-corrected chi connectivity index (χ1v) is 9.47. The van der Waals surface area contributed by atoms with Crippen molar-refractivity contribution < 1.29 is 27.6 Å². The second kappa shape index (κ2) is 9.77. The van der Waals surface area contributed by atoms with Crippen molar-refractivity contribution in [3.8, 4) is 0 Å². The molecule has 168 valence electrons. The standard InChI is InChI=1S/C23H17F3N4O3/c24-23(25,26)17-8-4-7-16(13-17)21(33)30-22(29-20(32)15-5-2-1-3-6-15)28-18-11-9-14(10-12-18)19(27)31/h1-13H,(H2,27,31)(H2,28,29,30,32,33). The van der Waals surface area contributed by atoms with Crippen LogP contribution >= 0.6 is 0 Å². The minimum Gasteiger partial charge on any atom is -0.366 e. The lowest BCUT2D eigenvalue weighted by Crippen LogP contribution is -2.43. The van der Waals surface area contributed by atoms with Crippen LogP contribution in [0.4, 0.5) is 18.9 Å². The molecule has 0 aliphatic carbocycles. The fourth-order valence-corrected chi connectivity index (χ4v) is 2.70. The molecule has 0 aliphatic rings. The van der Waals surface area contributed by atoms with E-state index in [0.29, 0.717) is 6.07 Å². The number of nitrogens with two attached hydrogens (primary N) is 1. The Hall–Kier alpha value is -4.47. The van der Waals surface area contributed by atoms with Gasteiger partial charge in [0.25, 0.3) is 11.8 Å². The number of carbonyl (C=O) groups excluding carboxylic acids is 3. The summed E-state index contributed by atoms with van der Waals surface area (Å²) >= 11 is 0. The number of alkyl halides is 3. The molecule has 0 heterocycles. The highest BCUT2D eigenvalue weighted by Gasteiger charge is 2.31. The summed E-state index contributed by atoms with van der Waals surface area (Å²) in [6.45, 7) is 0. The van der Waals surface area contributed by atoms with Gasteiger partial charge in [-0.25, -0.2) is 4.99 Å². The number of carbonyl (C=O) groups is 3. The summed E-state index contributed by atoms with van der Waals surface area (Å²) < 4.78 is 39.0. The Morgan fingerprint density at radius 1 is 0.727 bits per heavy atom. The van der Waals surface area contributed by atoms with Crippen molar-refractivity contribution in [2.75, 3.05) is 0 Å². The molecule has 0 spiro atoms. The Labute approximate surface area is 186 Å². The van der Waals surface area contributed by atoms with Crippen LogP contribution < -0.4 is 16.4 Å². The summed E-state index contributed by atoms with van der Waals surface area (Å²) in [7, 11) is 0. The highest BCUT2D eigenvalue weighted by Crippen LogP contribution is 2.29. The number of guanidine groups is 1. The Balaban J connectivity index is 1.90. The molecule has 0 unspecified atom stereocenters. The molecule has 0 saturated heterocycles. The maximum atomic E-state index is 13.0. The van der Waals surface area contributed by atoms with Crippen LogP contribution in [0.5, 0.6) is 0 Å². The third kappa shape index (κ3) is 6.26. The molecule has 0 aromatic heterocycles. The Morgan fingerprint density at radius 3 is 1.88 bits per heavy atom. The van der Waals surface area contributed by atoms with E-state index in [1.54, 1.807) is 18.2 Å². The summed E-state index contributed by atoms with van der Waals surface area (Å²) in [6.07, 6.45) is -4.63. The molecule has 33 heavy (non-hydrogen) atoms. The first-order valence-electron chi connectivity index (χ1n) is 9.47. The van der Waals surface area contributed by atoms with Crippen LogP contribution in [0.15, 0.2) is 83.9 Å². The van der Waals surface area contributed by atoms with Gasteiger partial charge in [0.1, 0.15) is 0 Å². The highest BCUT2D eigenvalue weighted by molar-refractivity contribution is 6.13. The van der Waals surface area contributed by atoms with Crippen molar-refractivity contribution >= 4 is 29.4 Å². The van der Waals surface area contributed by atoms with E-state index >= 15 is 0 Å². The molecular formula is C23H17F3N4O3. The second-order valence-corrected chi connectivity index (χ2v) is 6.72. The molecule has 0 atom stereocenters. The zero-order chi connectivity index (χ0) is 24.0. The monoisotopic (exact) mass is 454 g/mol. The molecule has 7 nitrogen and oxygen atoms in total. The lowest BCUT2D eigenvalue weighted by Gasteiger charge is -2.12. The second-order valence-electron chi connectivity index (χ2n) is 6.72. The zero-order valence-corrected chi connectivity index (χ0v) is 16.9. The number of rotatable bonds is 4. The molecule has 4 N–H and O–H groups in total. The highest BCUT2D eigenvalue weighted by atomic mass is 19.4. The molecule has 3 aromatic rings. The van der Waals surface area contributed by atoms with E-state index in [9.17, 15) is 27.6 Å². The van der Waals surface area contributed by atoms with Crippen molar-refractivity contribution in [2.45, 2.75) is 6.18 Å². The molecule has 3 amide bonds. The van der Waals surface area contributed by atoms with E-state index in [4.69, 9.17) is 5.73 Å². The lowest BCUT2D eigenvalue weighted by molar-refractivity contribution is -0.137. The summed E-state index contributed by atoms with van der Waals surface area (Å²) in [6, 6.07) is 17.5. The fraction of sp³-hybridized carbons (Fsp3) is 0.0435. The minimum absolute atomic E-state index is 0.219. The predicted molar refractivity (Wildman–Crippen MR) is 115 cm³/mol. The Bertz CT molecular complexity index is 1210. The average Bonchev–Trinajstić information content (AvgIpc) is 2.79. The van der Waals surface area contributed by atoms with Crippen LogP contribution in [-0.4, -0.2) is 23.7 Å². The first kappa shape index (κ1) is 23.2. The summed E-state index contributed by atoms with van der Waals surface area (Å²) in [4.78, 5) is 40.5. The van der Waals surface area contributed by atoms with Gasteiger partial charge in [0.15, 0.2) is 0 Å². The molecule has 0 fully saturated rings. The molecule has 0 bridgehead atoms. The van der Waals surface area contributed by atoms with E-state index in [0.717, 1.165) is 12.1 Å². The largest absolute Gasteiger partial charge is 0.416 e. The topological polar surface area (TPSA) is 114 Å². The van der Waals surface area contributed by atoms with E-state index in [1.165, 1.54) is 42.5 Å². The van der Waals surface area contributed by atoms with Gasteiger partial charge >= 0.3 is 6.18 Å². The normalized spacial score (nSPS) is 11.5. The third-order valence-corrected chi connectivity index (χ3v) is 4.34. The number of primary amides is 1. The van der Waals surface area contributed by atoms with Crippen LogP contribution in [0, 0.1) is 0 Å². The number of hydrogen-bond donors (Lipinski definition) is 3. The van der Waals surface area contributed by atoms with Crippen LogP contribution in [0.1, 0.15) is 36.6 Å². The predicted octanol–water partition coefficient (Wildman–Crippen LogP) is 3.65. The average molecular weight is 454 g/mol. The van der Waals surface area contributed by atoms with Gasteiger partial charge in [-0.1, -0.05) is 24.3 Å². The van der Waals surface area contributed by atoms with Crippen LogP contribution in [0.2, 0.25) is 0 Å². The molecule has 0 aliphatic heterocycles. The van der Waals surface area contributed by atoms with Crippen LogP contribution in [0.3, 0.4) is 0 Å².